The molecule has 150 valence electrons. The summed E-state index contributed by atoms with van der Waals surface area (Å²) in [6.07, 6.45) is 1.39. The van der Waals surface area contributed by atoms with E-state index >= 15 is 0 Å². The van der Waals surface area contributed by atoms with Gasteiger partial charge in [-0.15, -0.1) is 0 Å². The molecule has 1 aliphatic heterocycles. The molecule has 0 aliphatic carbocycles. The van der Waals surface area contributed by atoms with Crippen LogP contribution in [-0.2, 0) is 9.53 Å². The van der Waals surface area contributed by atoms with E-state index in [1.54, 1.807) is 30.3 Å². The molecule has 2 heterocycles. The highest BCUT2D eigenvalue weighted by atomic mass is 35.5. The van der Waals surface area contributed by atoms with Gasteiger partial charge in [-0.1, -0.05) is 34.8 Å². The standard InChI is InChI=1S/C20H9Cl3N2O5/c21-11-2-5-14(22)13(8-11)18-6-3-12(29-18)9-16-20(26)30-19(24-16)10-1-4-15(23)17(7-10)25(27)28/h1-9H/b16-9-. The van der Waals surface area contributed by atoms with E-state index in [4.69, 9.17) is 44.0 Å². The van der Waals surface area contributed by atoms with Crippen LogP contribution in [0.5, 0.6) is 0 Å². The summed E-state index contributed by atoms with van der Waals surface area (Å²) in [5.74, 6) is -0.00431. The van der Waals surface area contributed by atoms with Gasteiger partial charge in [-0.2, -0.15) is 0 Å². The number of hydrogen-bond donors (Lipinski definition) is 0. The minimum Gasteiger partial charge on any atom is -0.457 e. The fourth-order valence-corrected chi connectivity index (χ4v) is 3.28. The van der Waals surface area contributed by atoms with Gasteiger partial charge in [0.15, 0.2) is 5.70 Å². The summed E-state index contributed by atoms with van der Waals surface area (Å²) in [5, 5.41) is 12.0. The monoisotopic (exact) mass is 462 g/mol. The minimum atomic E-state index is -0.721. The van der Waals surface area contributed by atoms with Crippen LogP contribution in [0.4, 0.5) is 5.69 Å². The second kappa shape index (κ2) is 7.95. The van der Waals surface area contributed by atoms with Gasteiger partial charge in [0, 0.05) is 28.3 Å². The van der Waals surface area contributed by atoms with E-state index in [-0.39, 0.29) is 27.9 Å². The van der Waals surface area contributed by atoms with Crippen molar-refractivity contribution in [3.05, 3.63) is 90.7 Å². The predicted octanol–water partition coefficient (Wildman–Crippen LogP) is 6.16. The van der Waals surface area contributed by atoms with Crippen LogP contribution in [0.3, 0.4) is 0 Å². The van der Waals surface area contributed by atoms with E-state index in [9.17, 15) is 14.9 Å². The molecule has 0 fully saturated rings. The highest BCUT2D eigenvalue weighted by Crippen LogP contribution is 2.33. The van der Waals surface area contributed by atoms with Crippen LogP contribution in [0.1, 0.15) is 11.3 Å². The van der Waals surface area contributed by atoms with Gasteiger partial charge in [0.25, 0.3) is 5.69 Å². The number of furan rings is 1. The maximum Gasteiger partial charge on any atom is 0.363 e. The number of aliphatic imine (C=N–C) groups is 1. The van der Waals surface area contributed by atoms with Crippen LogP contribution >= 0.6 is 34.8 Å². The Morgan fingerprint density at radius 1 is 1.00 bits per heavy atom. The first-order valence-electron chi connectivity index (χ1n) is 8.34. The topological polar surface area (TPSA) is 94.9 Å². The molecular weight excluding hydrogens is 455 g/mol. The molecule has 1 aliphatic rings. The Morgan fingerprint density at radius 3 is 2.53 bits per heavy atom. The van der Waals surface area contributed by atoms with Crippen molar-refractivity contribution < 1.29 is 18.9 Å². The summed E-state index contributed by atoms with van der Waals surface area (Å²) in [5.41, 5.74) is 0.495. The number of halogens is 3. The lowest BCUT2D eigenvalue weighted by molar-refractivity contribution is -0.384. The summed E-state index contributed by atoms with van der Waals surface area (Å²) in [4.78, 5) is 26.7. The zero-order valence-corrected chi connectivity index (χ0v) is 17.0. The van der Waals surface area contributed by atoms with Crippen molar-refractivity contribution in [1.29, 1.82) is 0 Å². The van der Waals surface area contributed by atoms with Gasteiger partial charge < -0.3 is 9.15 Å². The van der Waals surface area contributed by atoms with Crippen LogP contribution < -0.4 is 0 Å². The van der Waals surface area contributed by atoms with E-state index in [1.165, 1.54) is 24.3 Å². The van der Waals surface area contributed by atoms with Gasteiger partial charge in [0.05, 0.1) is 9.95 Å². The number of cyclic esters (lactones) is 1. The summed E-state index contributed by atoms with van der Waals surface area (Å²) >= 11 is 18.0. The second-order valence-electron chi connectivity index (χ2n) is 6.09. The number of nitrogens with zero attached hydrogens (tertiary/aromatic N) is 2. The van der Waals surface area contributed by atoms with Crippen LogP contribution in [-0.4, -0.2) is 16.8 Å². The summed E-state index contributed by atoms with van der Waals surface area (Å²) in [6, 6.07) is 12.3. The Hall–Kier alpha value is -3.13. The molecule has 10 heteroatoms. The number of benzene rings is 2. The van der Waals surface area contributed by atoms with Crippen LogP contribution in [0.25, 0.3) is 17.4 Å². The number of rotatable bonds is 4. The molecule has 0 radical (unpaired) electrons. The Bertz CT molecular complexity index is 1260. The normalized spacial score (nSPS) is 14.7. The van der Waals surface area contributed by atoms with Crippen molar-refractivity contribution in [2.24, 2.45) is 4.99 Å². The van der Waals surface area contributed by atoms with Crippen LogP contribution in [0.2, 0.25) is 15.1 Å². The smallest absolute Gasteiger partial charge is 0.363 e. The van der Waals surface area contributed by atoms with E-state index in [2.05, 4.69) is 4.99 Å². The number of carbonyl (C=O) groups excluding carboxylic acids is 1. The van der Waals surface area contributed by atoms with Crippen molar-refractivity contribution in [3.63, 3.8) is 0 Å². The molecule has 1 aromatic heterocycles. The van der Waals surface area contributed by atoms with Crippen molar-refractivity contribution in [2.75, 3.05) is 0 Å². The average Bonchev–Trinajstić information content (AvgIpc) is 3.31. The highest BCUT2D eigenvalue weighted by Gasteiger charge is 2.26. The van der Waals surface area contributed by atoms with E-state index in [0.29, 0.717) is 27.1 Å². The third-order valence-electron chi connectivity index (χ3n) is 4.11. The van der Waals surface area contributed by atoms with Gasteiger partial charge in [-0.05, 0) is 42.5 Å². The number of ether oxygens (including phenoxy) is 1. The van der Waals surface area contributed by atoms with Gasteiger partial charge in [0.2, 0.25) is 5.90 Å². The van der Waals surface area contributed by atoms with E-state index < -0.39 is 10.9 Å². The molecular formula is C20H9Cl3N2O5. The van der Waals surface area contributed by atoms with Crippen molar-refractivity contribution in [1.82, 2.24) is 0 Å². The predicted molar refractivity (Wildman–Crippen MR) is 113 cm³/mol. The Labute approximate surface area is 184 Å². The van der Waals surface area contributed by atoms with Gasteiger partial charge in [-0.25, -0.2) is 9.79 Å². The quantitative estimate of drug-likeness (QED) is 0.200. The average molecular weight is 464 g/mol. The van der Waals surface area contributed by atoms with Crippen LogP contribution in [0, 0.1) is 10.1 Å². The van der Waals surface area contributed by atoms with Crippen LogP contribution in [0.15, 0.2) is 63.6 Å². The summed E-state index contributed by atoms with van der Waals surface area (Å²) in [7, 11) is 0. The van der Waals surface area contributed by atoms with Gasteiger partial charge in [0.1, 0.15) is 16.5 Å². The number of nitro groups is 1. The lowest BCUT2D eigenvalue weighted by Crippen LogP contribution is -2.06. The molecule has 0 N–H and O–H groups in total. The molecule has 30 heavy (non-hydrogen) atoms. The SMILES string of the molecule is O=C1OC(c2ccc(Cl)c([N+](=O)[O-])c2)=N/C1=C\c1ccc(-c2cc(Cl)ccc2Cl)o1. The number of hydrogen-bond acceptors (Lipinski definition) is 6. The number of carbonyl (C=O) groups is 1. The maximum atomic E-state index is 12.2. The molecule has 0 amide bonds. The lowest BCUT2D eigenvalue weighted by atomic mass is 10.2. The molecule has 0 saturated carbocycles. The fourth-order valence-electron chi connectivity index (χ4n) is 2.71. The summed E-state index contributed by atoms with van der Waals surface area (Å²) < 4.78 is 10.8. The first-order chi connectivity index (χ1) is 14.3. The Balaban J connectivity index is 1.65. The zero-order chi connectivity index (χ0) is 21.4. The molecule has 7 nitrogen and oxygen atoms in total. The number of esters is 1. The Morgan fingerprint density at radius 2 is 1.77 bits per heavy atom. The second-order valence-corrected chi connectivity index (χ2v) is 7.34. The molecule has 0 bridgehead atoms. The molecule has 0 unspecified atom stereocenters. The summed E-state index contributed by atoms with van der Waals surface area (Å²) in [6.45, 7) is 0. The largest absolute Gasteiger partial charge is 0.457 e. The molecule has 2 aromatic carbocycles. The maximum absolute atomic E-state index is 12.2. The molecule has 0 saturated heterocycles. The molecule has 0 atom stereocenters. The molecule has 0 spiro atoms. The molecule has 4 rings (SSSR count). The highest BCUT2D eigenvalue weighted by molar-refractivity contribution is 6.35. The van der Waals surface area contributed by atoms with Crippen molar-refractivity contribution >= 4 is 58.4 Å². The molecule has 3 aromatic rings. The van der Waals surface area contributed by atoms with E-state index in [0.717, 1.165) is 0 Å². The first-order valence-corrected chi connectivity index (χ1v) is 9.47. The third-order valence-corrected chi connectivity index (χ3v) is 4.99. The zero-order valence-electron chi connectivity index (χ0n) is 14.8. The third kappa shape index (κ3) is 3.95. The number of nitro benzene ring substituents is 1. The van der Waals surface area contributed by atoms with Gasteiger partial charge >= 0.3 is 5.97 Å². The van der Waals surface area contributed by atoms with E-state index in [1.807, 2.05) is 0 Å². The first kappa shape index (κ1) is 20.2. The minimum absolute atomic E-state index is 0.0271. The lowest BCUT2D eigenvalue weighted by Gasteiger charge is -2.01. The Kier molecular flexibility index (Phi) is 5.34. The van der Waals surface area contributed by atoms with Crippen molar-refractivity contribution in [2.45, 2.75) is 0 Å². The van der Waals surface area contributed by atoms with Gasteiger partial charge in [-0.3, -0.25) is 10.1 Å². The fraction of sp³-hybridized carbons (Fsp3) is 0. The van der Waals surface area contributed by atoms with Crippen molar-refractivity contribution in [3.8, 4) is 11.3 Å².